The van der Waals surface area contributed by atoms with E-state index in [0.29, 0.717) is 11.2 Å². The van der Waals surface area contributed by atoms with Crippen LogP contribution in [0.5, 0.6) is 0 Å². The van der Waals surface area contributed by atoms with Crippen molar-refractivity contribution in [3.05, 3.63) is 17.3 Å². The smallest absolute Gasteiger partial charge is 0.151 e. The second-order valence-electron chi connectivity index (χ2n) is 4.41. The number of hydrogen-bond donors (Lipinski definition) is 1. The van der Waals surface area contributed by atoms with Crippen LogP contribution in [0.1, 0.15) is 26.2 Å². The molecule has 17 heavy (non-hydrogen) atoms. The number of anilines is 1. The van der Waals surface area contributed by atoms with E-state index in [1.54, 1.807) is 0 Å². The van der Waals surface area contributed by atoms with Gasteiger partial charge in [0.2, 0.25) is 0 Å². The minimum Gasteiger partial charge on any atom is -0.351 e. The first-order valence-electron chi connectivity index (χ1n) is 6.28. The molecule has 0 aliphatic carbocycles. The molecule has 0 radical (unpaired) electrons. The average Bonchev–Trinajstić information content (AvgIpc) is 2.38. The molecule has 4 nitrogen and oxygen atoms in total. The molecule has 1 aliphatic rings. The number of aromatic nitrogens is 2. The molecular formula is C12H19ClN4. The van der Waals surface area contributed by atoms with Crippen molar-refractivity contribution >= 4 is 17.4 Å². The Morgan fingerprint density at radius 1 is 1.47 bits per heavy atom. The van der Waals surface area contributed by atoms with Crippen molar-refractivity contribution in [3.63, 3.8) is 0 Å². The Kier molecular flexibility index (Phi) is 4.57. The fourth-order valence-electron chi connectivity index (χ4n) is 2.29. The monoisotopic (exact) mass is 254 g/mol. The van der Waals surface area contributed by atoms with Gasteiger partial charge in [0.1, 0.15) is 0 Å². The Morgan fingerprint density at radius 3 is 2.94 bits per heavy atom. The molecule has 1 aromatic rings. The molecule has 2 heterocycles. The molecule has 2 rings (SSSR count). The second kappa shape index (κ2) is 6.17. The van der Waals surface area contributed by atoms with Crippen LogP contribution >= 0.6 is 11.6 Å². The Hall–Kier alpha value is -0.870. The predicted octanol–water partition coefficient (Wildman–Crippen LogP) is 2.10. The maximum Gasteiger partial charge on any atom is 0.151 e. The van der Waals surface area contributed by atoms with E-state index in [1.807, 2.05) is 12.1 Å². The molecule has 1 atom stereocenters. The Morgan fingerprint density at radius 2 is 2.35 bits per heavy atom. The molecular weight excluding hydrogens is 236 g/mol. The highest BCUT2D eigenvalue weighted by atomic mass is 35.5. The van der Waals surface area contributed by atoms with Crippen LogP contribution < -0.4 is 10.2 Å². The van der Waals surface area contributed by atoms with Crippen molar-refractivity contribution in [1.29, 1.82) is 0 Å². The summed E-state index contributed by atoms with van der Waals surface area (Å²) < 4.78 is 0. The number of nitrogens with one attached hydrogen (secondary N) is 1. The van der Waals surface area contributed by atoms with Crippen LogP contribution in [-0.4, -0.2) is 35.9 Å². The maximum atomic E-state index is 5.77. The molecule has 0 spiro atoms. The van der Waals surface area contributed by atoms with Crippen molar-refractivity contribution in [3.8, 4) is 0 Å². The number of nitrogens with zero attached hydrogens (tertiary/aromatic N) is 3. The third-order valence-electron chi connectivity index (χ3n) is 3.09. The van der Waals surface area contributed by atoms with Gasteiger partial charge in [-0.25, -0.2) is 0 Å². The molecule has 0 amide bonds. The van der Waals surface area contributed by atoms with Crippen LogP contribution in [0.15, 0.2) is 12.1 Å². The van der Waals surface area contributed by atoms with Crippen molar-refractivity contribution < 1.29 is 0 Å². The lowest BCUT2D eigenvalue weighted by Crippen LogP contribution is -2.46. The zero-order valence-electron chi connectivity index (χ0n) is 10.2. The zero-order chi connectivity index (χ0) is 12.1. The number of rotatable bonds is 4. The van der Waals surface area contributed by atoms with Gasteiger partial charge in [-0.1, -0.05) is 18.5 Å². The molecule has 1 N–H and O–H groups in total. The fraction of sp³-hybridized carbons (Fsp3) is 0.667. The summed E-state index contributed by atoms with van der Waals surface area (Å²) >= 11 is 5.77. The van der Waals surface area contributed by atoms with Crippen LogP contribution in [-0.2, 0) is 0 Å². The van der Waals surface area contributed by atoms with Gasteiger partial charge in [0.05, 0.1) is 0 Å². The minimum absolute atomic E-state index is 0.451. The summed E-state index contributed by atoms with van der Waals surface area (Å²) in [7, 11) is 0. The van der Waals surface area contributed by atoms with Gasteiger partial charge in [0.15, 0.2) is 11.0 Å². The Labute approximate surface area is 107 Å². The lowest BCUT2D eigenvalue weighted by molar-refractivity contribution is 0.428. The molecule has 1 aromatic heterocycles. The van der Waals surface area contributed by atoms with E-state index >= 15 is 0 Å². The summed E-state index contributed by atoms with van der Waals surface area (Å²) in [6.45, 7) is 5.36. The van der Waals surface area contributed by atoms with Crippen molar-refractivity contribution in [2.45, 2.75) is 32.2 Å². The molecule has 1 unspecified atom stereocenters. The summed E-state index contributed by atoms with van der Waals surface area (Å²) in [5.41, 5.74) is 0. The van der Waals surface area contributed by atoms with Gasteiger partial charge >= 0.3 is 0 Å². The van der Waals surface area contributed by atoms with Crippen molar-refractivity contribution in [1.82, 2.24) is 15.5 Å². The lowest BCUT2D eigenvalue weighted by Gasteiger charge is -2.35. The molecule has 0 bridgehead atoms. The average molecular weight is 255 g/mol. The third kappa shape index (κ3) is 3.30. The van der Waals surface area contributed by atoms with E-state index in [0.717, 1.165) is 31.9 Å². The standard InChI is InChI=1S/C12H19ClN4/c1-2-8-17(10-4-3-7-14-9-10)12-6-5-11(13)15-16-12/h5-6,10,14H,2-4,7-9H2,1H3. The van der Waals surface area contributed by atoms with E-state index in [4.69, 9.17) is 11.6 Å². The van der Waals surface area contributed by atoms with E-state index < -0.39 is 0 Å². The van der Waals surface area contributed by atoms with Gasteiger partial charge < -0.3 is 10.2 Å². The van der Waals surface area contributed by atoms with E-state index in [2.05, 4.69) is 27.3 Å². The fourth-order valence-corrected chi connectivity index (χ4v) is 2.39. The minimum atomic E-state index is 0.451. The van der Waals surface area contributed by atoms with Gasteiger partial charge in [0, 0.05) is 19.1 Å². The Balaban J connectivity index is 2.12. The SMILES string of the molecule is CCCN(c1ccc(Cl)nn1)C1CCCNC1. The van der Waals surface area contributed by atoms with Crippen LogP contribution in [0.25, 0.3) is 0 Å². The highest BCUT2D eigenvalue weighted by Crippen LogP contribution is 2.19. The first-order valence-corrected chi connectivity index (χ1v) is 6.65. The number of piperidine rings is 1. The van der Waals surface area contributed by atoms with Crippen LogP contribution in [0.3, 0.4) is 0 Å². The van der Waals surface area contributed by atoms with Gasteiger partial charge in [0.25, 0.3) is 0 Å². The molecule has 1 aliphatic heterocycles. The summed E-state index contributed by atoms with van der Waals surface area (Å²) in [5.74, 6) is 0.935. The summed E-state index contributed by atoms with van der Waals surface area (Å²) in [6.07, 6.45) is 3.56. The number of halogens is 1. The van der Waals surface area contributed by atoms with Gasteiger partial charge in [-0.2, -0.15) is 0 Å². The third-order valence-corrected chi connectivity index (χ3v) is 3.29. The van der Waals surface area contributed by atoms with Crippen LogP contribution in [0.4, 0.5) is 5.82 Å². The second-order valence-corrected chi connectivity index (χ2v) is 4.80. The highest BCUT2D eigenvalue weighted by molar-refractivity contribution is 6.29. The predicted molar refractivity (Wildman–Crippen MR) is 70.6 cm³/mol. The van der Waals surface area contributed by atoms with Gasteiger partial charge in [-0.15, -0.1) is 10.2 Å². The summed E-state index contributed by atoms with van der Waals surface area (Å²) in [4.78, 5) is 2.34. The number of hydrogen-bond acceptors (Lipinski definition) is 4. The molecule has 1 saturated heterocycles. The normalized spacial score (nSPS) is 20.2. The summed E-state index contributed by atoms with van der Waals surface area (Å²) in [6, 6.07) is 4.29. The van der Waals surface area contributed by atoms with Crippen LogP contribution in [0.2, 0.25) is 5.15 Å². The van der Waals surface area contributed by atoms with E-state index in [1.165, 1.54) is 12.8 Å². The zero-order valence-corrected chi connectivity index (χ0v) is 11.0. The molecule has 5 heteroatoms. The first-order chi connectivity index (χ1) is 8.31. The Bertz CT molecular complexity index is 335. The van der Waals surface area contributed by atoms with Crippen molar-refractivity contribution in [2.75, 3.05) is 24.5 Å². The topological polar surface area (TPSA) is 41.1 Å². The van der Waals surface area contributed by atoms with Crippen LogP contribution in [0, 0.1) is 0 Å². The molecule has 0 aromatic carbocycles. The summed E-state index contributed by atoms with van der Waals surface area (Å²) in [5, 5.41) is 12.0. The molecule has 1 fully saturated rings. The quantitative estimate of drug-likeness (QED) is 0.894. The first kappa shape index (κ1) is 12.6. The van der Waals surface area contributed by atoms with Gasteiger partial charge in [-0.05, 0) is 37.9 Å². The largest absolute Gasteiger partial charge is 0.351 e. The van der Waals surface area contributed by atoms with E-state index in [9.17, 15) is 0 Å². The molecule has 0 saturated carbocycles. The van der Waals surface area contributed by atoms with Crippen molar-refractivity contribution in [2.24, 2.45) is 0 Å². The lowest BCUT2D eigenvalue weighted by atomic mass is 10.1. The van der Waals surface area contributed by atoms with Gasteiger partial charge in [-0.3, -0.25) is 0 Å². The highest BCUT2D eigenvalue weighted by Gasteiger charge is 2.21. The van der Waals surface area contributed by atoms with E-state index in [-0.39, 0.29) is 0 Å². The maximum absolute atomic E-state index is 5.77. The molecule has 94 valence electrons.